The molecule has 2 N–H and O–H groups in total. The highest BCUT2D eigenvalue weighted by Gasteiger charge is 2.67. The molecule has 4 nitrogen and oxygen atoms in total. The molecule has 25 heavy (non-hydrogen) atoms. The normalized spacial score (nSPS) is 24.1. The second-order valence-electron chi connectivity index (χ2n) is 7.52. The van der Waals surface area contributed by atoms with Crippen LogP contribution in [0.2, 0.25) is 0 Å². The molecule has 132 valence electrons. The molecular weight excluding hydrogens is 312 g/mol. The number of fused-ring (bicyclic) bond motifs is 1. The third-order valence-corrected chi connectivity index (χ3v) is 6.23. The number of nitrogens with zero attached hydrogens (tertiary/aromatic N) is 2. The smallest absolute Gasteiger partial charge is 0.0515 e. The third kappa shape index (κ3) is 2.84. The molecule has 2 aromatic carbocycles. The van der Waals surface area contributed by atoms with Gasteiger partial charge in [0.1, 0.15) is 0 Å². The standard InChI is InChI=1S/C21H26N2O2/c1-22(17-5-3-2-4-6-17)18-9-7-16(8-10-18)11-23-12-19-20(13-23)21(19,14-24)15-25/h2-10,19-20,24-25H,11-15H2,1H3. The van der Waals surface area contributed by atoms with Crippen LogP contribution in [0.5, 0.6) is 0 Å². The molecule has 1 saturated heterocycles. The molecule has 1 aliphatic heterocycles. The molecule has 0 radical (unpaired) electrons. The maximum absolute atomic E-state index is 9.53. The van der Waals surface area contributed by atoms with Crippen LogP contribution in [0.4, 0.5) is 11.4 Å². The van der Waals surface area contributed by atoms with Gasteiger partial charge in [0, 0.05) is 43.5 Å². The van der Waals surface area contributed by atoms with Crippen molar-refractivity contribution in [2.75, 3.05) is 38.3 Å². The molecule has 1 heterocycles. The van der Waals surface area contributed by atoms with Crippen LogP contribution < -0.4 is 4.90 Å². The van der Waals surface area contributed by atoms with Gasteiger partial charge in [-0.2, -0.15) is 0 Å². The summed E-state index contributed by atoms with van der Waals surface area (Å²) in [5.74, 6) is 0.928. The maximum atomic E-state index is 9.53. The van der Waals surface area contributed by atoms with Crippen LogP contribution >= 0.6 is 0 Å². The zero-order valence-corrected chi connectivity index (χ0v) is 14.7. The predicted octanol–water partition coefficient (Wildman–Crippen LogP) is 2.49. The lowest BCUT2D eigenvalue weighted by molar-refractivity contribution is 0.0869. The van der Waals surface area contributed by atoms with Crippen molar-refractivity contribution in [3.8, 4) is 0 Å². The van der Waals surface area contributed by atoms with E-state index in [4.69, 9.17) is 0 Å². The van der Waals surface area contributed by atoms with E-state index < -0.39 is 0 Å². The topological polar surface area (TPSA) is 46.9 Å². The van der Waals surface area contributed by atoms with E-state index in [0.29, 0.717) is 11.8 Å². The minimum Gasteiger partial charge on any atom is -0.396 e. The van der Waals surface area contributed by atoms with Crippen molar-refractivity contribution < 1.29 is 10.2 Å². The summed E-state index contributed by atoms with van der Waals surface area (Å²) in [7, 11) is 2.09. The number of piperidine rings is 1. The zero-order valence-electron chi connectivity index (χ0n) is 14.7. The number of rotatable bonds is 6. The molecule has 4 heteroatoms. The zero-order chi connectivity index (χ0) is 17.4. The van der Waals surface area contributed by atoms with Crippen molar-refractivity contribution in [1.29, 1.82) is 0 Å². The Balaban J connectivity index is 1.36. The molecule has 0 spiro atoms. The van der Waals surface area contributed by atoms with Gasteiger partial charge < -0.3 is 15.1 Å². The first-order chi connectivity index (χ1) is 12.2. The van der Waals surface area contributed by atoms with E-state index in [0.717, 1.165) is 19.6 Å². The molecule has 0 amide bonds. The Hall–Kier alpha value is -1.88. The molecule has 2 aliphatic rings. The lowest BCUT2D eigenvalue weighted by atomic mass is 10.0. The van der Waals surface area contributed by atoms with E-state index in [1.54, 1.807) is 0 Å². The minimum atomic E-state index is -0.196. The number of hydrogen-bond donors (Lipinski definition) is 2. The Morgan fingerprint density at radius 3 is 2.04 bits per heavy atom. The number of likely N-dealkylation sites (tertiary alicyclic amines) is 1. The first kappa shape index (κ1) is 16.6. The first-order valence-corrected chi connectivity index (χ1v) is 9.00. The Morgan fingerprint density at radius 1 is 0.920 bits per heavy atom. The Morgan fingerprint density at radius 2 is 1.48 bits per heavy atom. The summed E-state index contributed by atoms with van der Waals surface area (Å²) in [5, 5.41) is 19.1. The van der Waals surface area contributed by atoms with Crippen molar-refractivity contribution in [2.45, 2.75) is 6.54 Å². The van der Waals surface area contributed by atoms with E-state index in [9.17, 15) is 10.2 Å². The monoisotopic (exact) mass is 338 g/mol. The summed E-state index contributed by atoms with van der Waals surface area (Å²) in [6.07, 6.45) is 0. The molecule has 2 unspecified atom stereocenters. The number of hydrogen-bond acceptors (Lipinski definition) is 4. The molecule has 2 aromatic rings. The third-order valence-electron chi connectivity index (χ3n) is 6.23. The van der Waals surface area contributed by atoms with Crippen molar-refractivity contribution in [2.24, 2.45) is 17.3 Å². The van der Waals surface area contributed by atoms with Crippen molar-refractivity contribution in [1.82, 2.24) is 4.90 Å². The highest BCUT2D eigenvalue weighted by molar-refractivity contribution is 5.62. The van der Waals surface area contributed by atoms with Gasteiger partial charge in [-0.15, -0.1) is 0 Å². The van der Waals surface area contributed by atoms with Crippen LogP contribution in [0.25, 0.3) is 0 Å². The number of benzene rings is 2. The number of anilines is 2. The van der Waals surface area contributed by atoms with Gasteiger partial charge in [-0.05, 0) is 41.7 Å². The maximum Gasteiger partial charge on any atom is 0.0515 e. The second kappa shape index (κ2) is 6.45. The van der Waals surface area contributed by atoms with Crippen LogP contribution in [-0.2, 0) is 6.54 Å². The van der Waals surface area contributed by atoms with Crippen LogP contribution in [-0.4, -0.2) is 48.5 Å². The van der Waals surface area contributed by atoms with Crippen LogP contribution in [0.1, 0.15) is 5.56 Å². The number of para-hydroxylation sites is 1. The lowest BCUT2D eigenvalue weighted by Gasteiger charge is -2.24. The summed E-state index contributed by atoms with van der Waals surface area (Å²) in [5.41, 5.74) is 3.47. The van der Waals surface area contributed by atoms with E-state index >= 15 is 0 Å². The summed E-state index contributed by atoms with van der Waals surface area (Å²) < 4.78 is 0. The van der Waals surface area contributed by atoms with Gasteiger partial charge in [-0.1, -0.05) is 30.3 Å². The summed E-state index contributed by atoms with van der Waals surface area (Å²) in [4.78, 5) is 4.63. The second-order valence-corrected chi connectivity index (χ2v) is 7.52. The largest absolute Gasteiger partial charge is 0.396 e. The molecule has 0 bridgehead atoms. The van der Waals surface area contributed by atoms with Crippen molar-refractivity contribution in [3.63, 3.8) is 0 Å². The highest BCUT2D eigenvalue weighted by Crippen LogP contribution is 2.62. The van der Waals surface area contributed by atoms with Gasteiger partial charge >= 0.3 is 0 Å². The Kier molecular flexibility index (Phi) is 4.28. The van der Waals surface area contributed by atoms with Gasteiger partial charge in [0.05, 0.1) is 13.2 Å². The number of aliphatic hydroxyl groups is 2. The number of aliphatic hydroxyl groups excluding tert-OH is 2. The predicted molar refractivity (Wildman–Crippen MR) is 99.8 cm³/mol. The van der Waals surface area contributed by atoms with E-state index in [1.165, 1.54) is 16.9 Å². The van der Waals surface area contributed by atoms with Gasteiger partial charge in [0.15, 0.2) is 0 Å². The fourth-order valence-electron chi connectivity index (χ4n) is 4.45. The molecule has 0 aromatic heterocycles. The van der Waals surface area contributed by atoms with E-state index in [2.05, 4.69) is 65.4 Å². The minimum absolute atomic E-state index is 0.118. The van der Waals surface area contributed by atoms with Crippen LogP contribution in [0, 0.1) is 17.3 Å². The molecular formula is C21H26N2O2. The van der Waals surface area contributed by atoms with E-state index in [1.807, 2.05) is 6.07 Å². The Bertz CT molecular complexity index is 698. The Labute approximate surface area is 149 Å². The fraction of sp³-hybridized carbons (Fsp3) is 0.429. The molecule has 2 atom stereocenters. The lowest BCUT2D eigenvalue weighted by Crippen LogP contribution is -2.31. The van der Waals surface area contributed by atoms with Crippen molar-refractivity contribution >= 4 is 11.4 Å². The van der Waals surface area contributed by atoms with Gasteiger partial charge in [0.25, 0.3) is 0 Å². The SMILES string of the molecule is CN(c1ccccc1)c1ccc(CN2CC3C(C2)C3(CO)CO)cc1. The molecule has 4 rings (SSSR count). The van der Waals surface area contributed by atoms with Crippen LogP contribution in [0.3, 0.4) is 0 Å². The van der Waals surface area contributed by atoms with Gasteiger partial charge in [0.2, 0.25) is 0 Å². The first-order valence-electron chi connectivity index (χ1n) is 9.00. The molecule has 2 fully saturated rings. The van der Waals surface area contributed by atoms with Gasteiger partial charge in [-0.25, -0.2) is 0 Å². The van der Waals surface area contributed by atoms with Crippen molar-refractivity contribution in [3.05, 3.63) is 60.2 Å². The average Bonchev–Trinajstić information content (AvgIpc) is 3.03. The van der Waals surface area contributed by atoms with Gasteiger partial charge in [-0.3, -0.25) is 4.90 Å². The summed E-state index contributed by atoms with van der Waals surface area (Å²) >= 11 is 0. The quantitative estimate of drug-likeness (QED) is 0.849. The molecule has 1 aliphatic carbocycles. The average molecular weight is 338 g/mol. The highest BCUT2D eigenvalue weighted by atomic mass is 16.3. The summed E-state index contributed by atoms with van der Waals surface area (Å²) in [6.45, 7) is 3.14. The summed E-state index contributed by atoms with van der Waals surface area (Å²) in [6, 6.07) is 19.1. The fourth-order valence-corrected chi connectivity index (χ4v) is 4.45. The van der Waals surface area contributed by atoms with E-state index in [-0.39, 0.29) is 18.6 Å². The molecule has 1 saturated carbocycles. The van der Waals surface area contributed by atoms with Crippen LogP contribution in [0.15, 0.2) is 54.6 Å².